The van der Waals surface area contributed by atoms with E-state index in [1.807, 2.05) is 32.6 Å². The zero-order chi connectivity index (χ0) is 22.9. The number of carbonyl (C=O) groups is 1. The van der Waals surface area contributed by atoms with Crippen LogP contribution in [0.4, 0.5) is 0 Å². The lowest BCUT2D eigenvalue weighted by atomic mass is 9.96. The minimum atomic E-state index is -3.56. The van der Waals surface area contributed by atoms with Crippen molar-refractivity contribution in [1.82, 2.24) is 14.1 Å². The molecule has 2 heterocycles. The van der Waals surface area contributed by atoms with Crippen molar-refractivity contribution >= 4 is 15.9 Å². The third-order valence-electron chi connectivity index (χ3n) is 7.01. The van der Waals surface area contributed by atoms with Crippen LogP contribution in [-0.4, -0.2) is 74.2 Å². The number of amides is 1. The number of hydrogen-bond donors (Lipinski definition) is 0. The van der Waals surface area contributed by atoms with Crippen LogP contribution in [0.5, 0.6) is 0 Å². The highest BCUT2D eigenvalue weighted by Gasteiger charge is 2.36. The molecule has 0 N–H and O–H groups in total. The van der Waals surface area contributed by atoms with E-state index in [1.165, 1.54) is 0 Å². The first-order valence-corrected chi connectivity index (χ1v) is 13.0. The van der Waals surface area contributed by atoms with Gasteiger partial charge in [0.2, 0.25) is 15.9 Å². The Morgan fingerprint density at radius 1 is 0.935 bits per heavy atom. The summed E-state index contributed by atoms with van der Waals surface area (Å²) < 4.78 is 28.5. The van der Waals surface area contributed by atoms with Crippen molar-refractivity contribution in [2.24, 2.45) is 11.8 Å². The molecule has 1 amide bonds. The largest absolute Gasteiger partial charge is 0.340 e. The quantitative estimate of drug-likeness (QED) is 0.693. The van der Waals surface area contributed by atoms with Crippen molar-refractivity contribution in [2.45, 2.75) is 59.3 Å². The van der Waals surface area contributed by atoms with E-state index in [1.54, 1.807) is 4.31 Å². The summed E-state index contributed by atoms with van der Waals surface area (Å²) in [7, 11) is -3.56. The summed E-state index contributed by atoms with van der Waals surface area (Å²) in [5, 5.41) is 0. The number of aryl methyl sites for hydroxylation is 2. The Bertz CT molecular complexity index is 884. The summed E-state index contributed by atoms with van der Waals surface area (Å²) in [6.45, 7) is 17.5. The number of benzene rings is 1. The molecule has 2 fully saturated rings. The Morgan fingerprint density at radius 3 is 1.94 bits per heavy atom. The molecular weight excluding hydrogens is 410 g/mol. The molecule has 0 unspecified atom stereocenters. The Labute approximate surface area is 188 Å². The Balaban J connectivity index is 1.63. The molecule has 0 atom stereocenters. The lowest BCUT2D eigenvalue weighted by Crippen LogP contribution is -2.52. The first-order valence-electron chi connectivity index (χ1n) is 11.6. The van der Waals surface area contributed by atoms with Crippen molar-refractivity contribution in [1.29, 1.82) is 0 Å². The van der Waals surface area contributed by atoms with Crippen molar-refractivity contribution in [3.8, 4) is 0 Å². The lowest BCUT2D eigenvalue weighted by molar-refractivity contribution is -0.138. The van der Waals surface area contributed by atoms with Gasteiger partial charge in [-0.05, 0) is 68.7 Å². The van der Waals surface area contributed by atoms with Crippen LogP contribution in [0.2, 0.25) is 0 Å². The van der Waals surface area contributed by atoms with Crippen LogP contribution in [0.1, 0.15) is 48.9 Å². The summed E-state index contributed by atoms with van der Waals surface area (Å²) in [4.78, 5) is 17.9. The van der Waals surface area contributed by atoms with Crippen LogP contribution in [0.25, 0.3) is 0 Å². The van der Waals surface area contributed by atoms with E-state index >= 15 is 0 Å². The highest BCUT2D eigenvalue weighted by molar-refractivity contribution is 7.89. The van der Waals surface area contributed by atoms with Crippen LogP contribution in [0, 0.1) is 39.5 Å². The van der Waals surface area contributed by atoms with E-state index in [-0.39, 0.29) is 11.8 Å². The molecule has 7 heteroatoms. The van der Waals surface area contributed by atoms with Gasteiger partial charge in [-0.1, -0.05) is 19.9 Å². The lowest BCUT2D eigenvalue weighted by Gasteiger charge is -2.39. The van der Waals surface area contributed by atoms with E-state index < -0.39 is 10.0 Å². The zero-order valence-electron chi connectivity index (χ0n) is 20.1. The first kappa shape index (κ1) is 24.2. The van der Waals surface area contributed by atoms with Gasteiger partial charge in [0, 0.05) is 51.7 Å². The molecule has 2 aliphatic heterocycles. The fraction of sp³-hybridized carbons (Fsp3) is 0.708. The second kappa shape index (κ2) is 9.59. The van der Waals surface area contributed by atoms with Crippen molar-refractivity contribution in [2.75, 3.05) is 45.8 Å². The van der Waals surface area contributed by atoms with Crippen LogP contribution in [0.15, 0.2) is 11.0 Å². The van der Waals surface area contributed by atoms with Gasteiger partial charge in [-0.2, -0.15) is 4.31 Å². The number of piperidine rings is 1. The molecule has 1 aromatic carbocycles. The maximum Gasteiger partial charge on any atom is 0.243 e. The molecule has 174 valence electrons. The van der Waals surface area contributed by atoms with Gasteiger partial charge in [0.25, 0.3) is 0 Å². The summed E-state index contributed by atoms with van der Waals surface area (Å²) >= 11 is 0. The molecule has 0 aromatic heterocycles. The van der Waals surface area contributed by atoms with Crippen LogP contribution in [-0.2, 0) is 14.8 Å². The van der Waals surface area contributed by atoms with Gasteiger partial charge in [0.05, 0.1) is 4.90 Å². The molecule has 0 spiro atoms. The highest BCUT2D eigenvalue weighted by Crippen LogP contribution is 2.31. The summed E-state index contributed by atoms with van der Waals surface area (Å²) in [6.07, 6.45) is 1.21. The zero-order valence-corrected chi connectivity index (χ0v) is 20.9. The highest BCUT2D eigenvalue weighted by atomic mass is 32.2. The number of carbonyl (C=O) groups excluding carboxylic acids is 1. The first-order chi connectivity index (χ1) is 14.5. The molecule has 31 heavy (non-hydrogen) atoms. The van der Waals surface area contributed by atoms with Gasteiger partial charge in [0.15, 0.2) is 0 Å². The monoisotopic (exact) mass is 449 g/mol. The molecule has 2 aliphatic rings. The second-order valence-corrected chi connectivity index (χ2v) is 11.7. The molecule has 3 rings (SSSR count). The van der Waals surface area contributed by atoms with E-state index in [0.717, 1.165) is 55.0 Å². The minimum absolute atomic E-state index is 0.0652. The SMILES string of the molecule is Cc1cc(C)c(C)c(S(=O)(=O)N2CCC(C(=O)N3CCN(CC(C)C)CC3)CC2)c1C. The predicted molar refractivity (Wildman–Crippen MR) is 125 cm³/mol. The smallest absolute Gasteiger partial charge is 0.243 e. The van der Waals surface area contributed by atoms with E-state index in [4.69, 9.17) is 0 Å². The predicted octanol–water partition coefficient (Wildman–Crippen LogP) is 3.12. The maximum atomic E-state index is 13.5. The van der Waals surface area contributed by atoms with Crippen LogP contribution in [0.3, 0.4) is 0 Å². The van der Waals surface area contributed by atoms with Crippen molar-refractivity contribution in [3.63, 3.8) is 0 Å². The van der Waals surface area contributed by atoms with Crippen LogP contribution >= 0.6 is 0 Å². The Hall–Kier alpha value is -1.44. The van der Waals surface area contributed by atoms with E-state index in [0.29, 0.717) is 36.7 Å². The normalized spacial score (nSPS) is 19.9. The molecular formula is C24H39N3O3S. The van der Waals surface area contributed by atoms with Crippen molar-refractivity contribution < 1.29 is 13.2 Å². The van der Waals surface area contributed by atoms with Gasteiger partial charge in [-0.15, -0.1) is 0 Å². The average Bonchev–Trinajstić information content (AvgIpc) is 2.72. The van der Waals surface area contributed by atoms with Crippen molar-refractivity contribution in [3.05, 3.63) is 28.3 Å². The second-order valence-electron chi connectivity index (χ2n) is 9.79. The standard InChI is InChI=1S/C24H39N3O3S/c1-17(2)16-25-11-13-26(14-12-25)24(28)22-7-9-27(10-8-22)31(29,30)23-20(5)18(3)15-19(4)21(23)6/h15,17,22H,7-14,16H2,1-6H3. The maximum absolute atomic E-state index is 13.5. The number of rotatable bonds is 5. The van der Waals surface area contributed by atoms with Gasteiger partial charge >= 0.3 is 0 Å². The summed E-state index contributed by atoms with van der Waals surface area (Å²) in [5.41, 5.74) is 3.67. The topological polar surface area (TPSA) is 60.9 Å². The Kier molecular flexibility index (Phi) is 7.49. The number of nitrogens with zero attached hydrogens (tertiary/aromatic N) is 3. The average molecular weight is 450 g/mol. The molecule has 0 radical (unpaired) electrons. The number of sulfonamides is 1. The van der Waals surface area contributed by atoms with Gasteiger partial charge in [-0.3, -0.25) is 9.69 Å². The van der Waals surface area contributed by atoms with Gasteiger partial charge in [-0.25, -0.2) is 8.42 Å². The Morgan fingerprint density at radius 2 is 1.45 bits per heavy atom. The number of hydrogen-bond acceptors (Lipinski definition) is 4. The van der Waals surface area contributed by atoms with Crippen LogP contribution < -0.4 is 0 Å². The molecule has 0 aliphatic carbocycles. The minimum Gasteiger partial charge on any atom is -0.340 e. The summed E-state index contributed by atoms with van der Waals surface area (Å²) in [6, 6.07) is 2.05. The van der Waals surface area contributed by atoms with Gasteiger partial charge < -0.3 is 4.90 Å². The summed E-state index contributed by atoms with van der Waals surface area (Å²) in [5.74, 6) is 0.780. The number of piperazine rings is 1. The molecule has 1 aromatic rings. The third-order valence-corrected chi connectivity index (χ3v) is 9.18. The molecule has 0 bridgehead atoms. The van der Waals surface area contributed by atoms with E-state index in [2.05, 4.69) is 24.8 Å². The molecule has 2 saturated heterocycles. The van der Waals surface area contributed by atoms with E-state index in [9.17, 15) is 13.2 Å². The third kappa shape index (κ3) is 5.15. The molecule has 6 nitrogen and oxygen atoms in total. The van der Waals surface area contributed by atoms with Gasteiger partial charge in [0.1, 0.15) is 0 Å². The fourth-order valence-corrected chi connectivity index (χ4v) is 7.01. The molecule has 0 saturated carbocycles. The fourth-order valence-electron chi connectivity index (χ4n) is 4.97.